The van der Waals surface area contributed by atoms with Crippen molar-refractivity contribution in [1.29, 1.82) is 5.26 Å². The lowest BCUT2D eigenvalue weighted by molar-refractivity contribution is -0.112. The van der Waals surface area contributed by atoms with Crippen molar-refractivity contribution in [2.75, 3.05) is 11.9 Å². The van der Waals surface area contributed by atoms with Crippen molar-refractivity contribution in [3.05, 3.63) is 76.5 Å². The van der Waals surface area contributed by atoms with E-state index in [0.717, 1.165) is 0 Å². The SMILES string of the molecule is CCOc1ccc(NC(=O)/C(C#N)=C\c2ccc(-c3ccc(C(=O)O)c(Cl)c3)o2)cc1. The van der Waals surface area contributed by atoms with Crippen LogP contribution >= 0.6 is 11.6 Å². The second-order valence-electron chi connectivity index (χ2n) is 6.28. The lowest BCUT2D eigenvalue weighted by Gasteiger charge is -2.06. The third-order valence-electron chi connectivity index (χ3n) is 4.19. The Bertz CT molecular complexity index is 1190. The molecule has 7 nitrogen and oxygen atoms in total. The molecule has 0 aliphatic rings. The molecule has 0 saturated carbocycles. The van der Waals surface area contributed by atoms with Crippen molar-refractivity contribution in [1.82, 2.24) is 0 Å². The van der Waals surface area contributed by atoms with Crippen LogP contribution in [-0.4, -0.2) is 23.6 Å². The first kappa shape index (κ1) is 21.7. The molecule has 0 saturated heterocycles. The summed E-state index contributed by atoms with van der Waals surface area (Å²) < 4.78 is 11.0. The summed E-state index contributed by atoms with van der Waals surface area (Å²) in [5.74, 6) is -0.340. The highest BCUT2D eigenvalue weighted by molar-refractivity contribution is 6.33. The zero-order valence-electron chi connectivity index (χ0n) is 16.4. The Balaban J connectivity index is 1.76. The van der Waals surface area contributed by atoms with Gasteiger partial charge in [0, 0.05) is 17.3 Å². The fourth-order valence-corrected chi connectivity index (χ4v) is 2.98. The maximum absolute atomic E-state index is 12.4. The monoisotopic (exact) mass is 436 g/mol. The quantitative estimate of drug-likeness (QED) is 0.386. The summed E-state index contributed by atoms with van der Waals surface area (Å²) in [6, 6.07) is 16.3. The summed E-state index contributed by atoms with van der Waals surface area (Å²) in [7, 11) is 0. The molecule has 1 aromatic heterocycles. The van der Waals surface area contributed by atoms with Crippen molar-refractivity contribution < 1.29 is 23.8 Å². The molecule has 0 atom stereocenters. The second-order valence-corrected chi connectivity index (χ2v) is 6.69. The summed E-state index contributed by atoms with van der Waals surface area (Å²) >= 11 is 6.00. The molecule has 0 aliphatic heterocycles. The molecule has 156 valence electrons. The first-order valence-corrected chi connectivity index (χ1v) is 9.58. The van der Waals surface area contributed by atoms with E-state index in [1.165, 1.54) is 18.2 Å². The van der Waals surface area contributed by atoms with Crippen LogP contribution in [0.1, 0.15) is 23.0 Å². The Hall–Kier alpha value is -4.02. The summed E-state index contributed by atoms with van der Waals surface area (Å²) in [6.07, 6.45) is 1.32. The van der Waals surface area contributed by atoms with Crippen LogP contribution in [0.25, 0.3) is 17.4 Å². The van der Waals surface area contributed by atoms with E-state index < -0.39 is 11.9 Å². The fraction of sp³-hybridized carbons (Fsp3) is 0.0870. The standard InChI is InChI=1S/C23H17ClN2O5/c1-2-30-17-6-4-16(5-7-17)26-22(27)15(13-25)11-18-8-10-21(31-18)14-3-9-19(23(28)29)20(24)12-14/h3-12H,2H2,1H3,(H,26,27)(H,28,29)/b15-11-. The minimum atomic E-state index is -1.13. The van der Waals surface area contributed by atoms with E-state index in [9.17, 15) is 14.9 Å². The zero-order chi connectivity index (χ0) is 22.4. The van der Waals surface area contributed by atoms with Gasteiger partial charge in [0.15, 0.2) is 0 Å². The molecule has 1 amide bonds. The number of hydrogen-bond donors (Lipinski definition) is 2. The van der Waals surface area contributed by atoms with Gasteiger partial charge in [-0.1, -0.05) is 17.7 Å². The maximum Gasteiger partial charge on any atom is 0.337 e. The molecule has 8 heteroatoms. The first-order chi connectivity index (χ1) is 14.9. The molecule has 0 unspecified atom stereocenters. The van der Waals surface area contributed by atoms with E-state index in [2.05, 4.69) is 5.32 Å². The molecule has 2 aromatic carbocycles. The van der Waals surface area contributed by atoms with E-state index in [1.807, 2.05) is 13.0 Å². The third-order valence-corrected chi connectivity index (χ3v) is 4.50. The maximum atomic E-state index is 12.4. The number of halogens is 1. The molecule has 0 aliphatic carbocycles. The number of anilines is 1. The molecule has 1 heterocycles. The average Bonchev–Trinajstić information content (AvgIpc) is 3.22. The van der Waals surface area contributed by atoms with Crippen LogP contribution in [0.2, 0.25) is 5.02 Å². The Kier molecular flexibility index (Phi) is 6.75. The number of carbonyl (C=O) groups is 2. The number of hydrogen-bond acceptors (Lipinski definition) is 5. The number of carbonyl (C=O) groups excluding carboxylic acids is 1. The van der Waals surface area contributed by atoms with Crippen LogP contribution in [-0.2, 0) is 4.79 Å². The Morgan fingerprint density at radius 3 is 2.55 bits per heavy atom. The van der Waals surface area contributed by atoms with Gasteiger partial charge in [0.05, 0.1) is 17.2 Å². The minimum Gasteiger partial charge on any atom is -0.494 e. The Labute approximate surface area is 183 Å². The third kappa shape index (κ3) is 5.32. The number of nitriles is 1. The summed E-state index contributed by atoms with van der Waals surface area (Å²) in [5.41, 5.74) is 0.916. The smallest absolute Gasteiger partial charge is 0.337 e. The van der Waals surface area contributed by atoms with Crippen LogP contribution in [0.15, 0.2) is 64.6 Å². The van der Waals surface area contributed by atoms with Gasteiger partial charge in [-0.3, -0.25) is 4.79 Å². The molecule has 0 fully saturated rings. The Morgan fingerprint density at radius 2 is 1.94 bits per heavy atom. The van der Waals surface area contributed by atoms with Crippen molar-refractivity contribution in [3.63, 3.8) is 0 Å². The van der Waals surface area contributed by atoms with Crippen LogP contribution in [0, 0.1) is 11.3 Å². The summed E-state index contributed by atoms with van der Waals surface area (Å²) in [6.45, 7) is 2.41. The van der Waals surface area contributed by atoms with Crippen molar-refractivity contribution in [2.45, 2.75) is 6.92 Å². The van der Waals surface area contributed by atoms with Crippen molar-refractivity contribution >= 4 is 35.2 Å². The van der Waals surface area contributed by atoms with Gasteiger partial charge in [-0.15, -0.1) is 0 Å². The molecule has 0 radical (unpaired) electrons. The second kappa shape index (κ2) is 9.65. The number of nitrogens with zero attached hydrogens (tertiary/aromatic N) is 1. The molecule has 0 spiro atoms. The predicted octanol–water partition coefficient (Wildman–Crippen LogP) is 5.24. The van der Waals surface area contributed by atoms with Gasteiger partial charge in [0.25, 0.3) is 5.91 Å². The average molecular weight is 437 g/mol. The van der Waals surface area contributed by atoms with Gasteiger partial charge < -0.3 is 19.6 Å². The van der Waals surface area contributed by atoms with Crippen LogP contribution in [0.5, 0.6) is 5.75 Å². The highest BCUT2D eigenvalue weighted by Gasteiger charge is 2.14. The highest BCUT2D eigenvalue weighted by atomic mass is 35.5. The molecular weight excluding hydrogens is 420 g/mol. The number of ether oxygens (including phenoxy) is 1. The van der Waals surface area contributed by atoms with Crippen molar-refractivity contribution in [3.8, 4) is 23.1 Å². The number of carboxylic acids is 1. The first-order valence-electron chi connectivity index (χ1n) is 9.20. The summed E-state index contributed by atoms with van der Waals surface area (Å²) in [4.78, 5) is 23.5. The van der Waals surface area contributed by atoms with Gasteiger partial charge in [-0.2, -0.15) is 5.26 Å². The van der Waals surface area contributed by atoms with Crippen LogP contribution in [0.4, 0.5) is 5.69 Å². The van der Waals surface area contributed by atoms with Crippen molar-refractivity contribution in [2.24, 2.45) is 0 Å². The van der Waals surface area contributed by atoms with Crippen LogP contribution in [0.3, 0.4) is 0 Å². The van der Waals surface area contributed by atoms with Gasteiger partial charge in [-0.25, -0.2) is 4.79 Å². The number of furan rings is 1. The normalized spacial score (nSPS) is 10.9. The molecule has 31 heavy (non-hydrogen) atoms. The topological polar surface area (TPSA) is 113 Å². The molecular formula is C23H17ClN2O5. The molecule has 3 rings (SSSR count). The number of aromatic carboxylic acids is 1. The van der Waals surface area contributed by atoms with E-state index in [-0.39, 0.29) is 21.9 Å². The lowest BCUT2D eigenvalue weighted by Crippen LogP contribution is -2.13. The van der Waals surface area contributed by atoms with Gasteiger partial charge in [-0.05, 0) is 55.5 Å². The van der Waals surface area contributed by atoms with E-state index >= 15 is 0 Å². The van der Waals surface area contributed by atoms with Gasteiger partial charge >= 0.3 is 5.97 Å². The summed E-state index contributed by atoms with van der Waals surface area (Å²) in [5, 5.41) is 21.2. The molecule has 2 N–H and O–H groups in total. The van der Waals surface area contributed by atoms with Gasteiger partial charge in [0.2, 0.25) is 0 Å². The van der Waals surface area contributed by atoms with Crippen LogP contribution < -0.4 is 10.1 Å². The predicted molar refractivity (Wildman–Crippen MR) is 116 cm³/mol. The Morgan fingerprint density at radius 1 is 1.19 bits per heavy atom. The van der Waals surface area contributed by atoms with E-state index in [0.29, 0.717) is 29.4 Å². The number of nitrogens with one attached hydrogen (secondary N) is 1. The minimum absolute atomic E-state index is 0.0187. The number of benzene rings is 2. The number of rotatable bonds is 7. The molecule has 0 bridgehead atoms. The fourth-order valence-electron chi connectivity index (χ4n) is 2.72. The zero-order valence-corrected chi connectivity index (χ0v) is 17.1. The number of carboxylic acid groups (broad SMARTS) is 1. The lowest BCUT2D eigenvalue weighted by atomic mass is 10.1. The number of amides is 1. The van der Waals surface area contributed by atoms with Gasteiger partial charge in [0.1, 0.15) is 28.9 Å². The largest absolute Gasteiger partial charge is 0.494 e. The molecule has 3 aromatic rings. The highest BCUT2D eigenvalue weighted by Crippen LogP contribution is 2.28. The van der Waals surface area contributed by atoms with E-state index in [1.54, 1.807) is 42.5 Å². The van der Waals surface area contributed by atoms with E-state index in [4.69, 9.17) is 25.9 Å².